The van der Waals surface area contributed by atoms with E-state index in [-0.39, 0.29) is 30.4 Å². The van der Waals surface area contributed by atoms with Gasteiger partial charge in [-0.2, -0.15) is 0 Å². The molecular formula is C21H29ClN2O3. The maximum atomic E-state index is 12.9. The summed E-state index contributed by atoms with van der Waals surface area (Å²) in [6, 6.07) is 10.7. The molecule has 0 amide bonds. The molecule has 0 saturated heterocycles. The fraction of sp³-hybridized carbons (Fsp3) is 0.381. The summed E-state index contributed by atoms with van der Waals surface area (Å²) in [5.41, 5.74) is 14.4. The van der Waals surface area contributed by atoms with Crippen LogP contribution in [0.5, 0.6) is 11.5 Å². The van der Waals surface area contributed by atoms with E-state index in [4.69, 9.17) is 20.9 Å². The van der Waals surface area contributed by atoms with Crippen molar-refractivity contribution in [3.05, 3.63) is 58.7 Å². The van der Waals surface area contributed by atoms with Gasteiger partial charge in [-0.05, 0) is 64.1 Å². The lowest BCUT2D eigenvalue weighted by Crippen LogP contribution is -2.12. The number of carbonyl (C=O) groups excluding carboxylic acids is 1. The number of halogens is 1. The number of rotatable bonds is 8. The van der Waals surface area contributed by atoms with Gasteiger partial charge in [-0.1, -0.05) is 0 Å². The summed E-state index contributed by atoms with van der Waals surface area (Å²) >= 11 is 0. The average molecular weight is 393 g/mol. The summed E-state index contributed by atoms with van der Waals surface area (Å²) in [4.78, 5) is 12.9. The molecule has 148 valence electrons. The van der Waals surface area contributed by atoms with E-state index in [1.165, 1.54) is 0 Å². The molecule has 27 heavy (non-hydrogen) atoms. The monoisotopic (exact) mass is 392 g/mol. The first kappa shape index (κ1) is 23.0. The van der Waals surface area contributed by atoms with Gasteiger partial charge in [0.25, 0.3) is 0 Å². The van der Waals surface area contributed by atoms with Crippen molar-refractivity contribution < 1.29 is 14.3 Å². The minimum absolute atomic E-state index is 0. The van der Waals surface area contributed by atoms with E-state index in [1.54, 1.807) is 36.4 Å². The van der Waals surface area contributed by atoms with Gasteiger partial charge in [0.05, 0.1) is 12.2 Å². The molecule has 0 unspecified atom stereocenters. The van der Waals surface area contributed by atoms with Gasteiger partial charge in [0.2, 0.25) is 0 Å². The Morgan fingerprint density at radius 3 is 1.48 bits per heavy atom. The molecule has 6 heteroatoms. The third-order valence-electron chi connectivity index (χ3n) is 3.81. The Bertz CT molecular complexity index is 713. The maximum Gasteiger partial charge on any atom is 0.193 e. The third-order valence-corrected chi connectivity index (χ3v) is 3.81. The number of ether oxygens (including phenoxy) is 2. The van der Waals surface area contributed by atoms with Crippen LogP contribution >= 0.6 is 12.4 Å². The van der Waals surface area contributed by atoms with Gasteiger partial charge >= 0.3 is 0 Å². The third kappa shape index (κ3) is 5.96. The zero-order chi connectivity index (χ0) is 19.3. The van der Waals surface area contributed by atoms with E-state index in [9.17, 15) is 4.79 Å². The van der Waals surface area contributed by atoms with Gasteiger partial charge in [-0.15, -0.1) is 12.4 Å². The lowest BCUT2D eigenvalue weighted by Gasteiger charge is -2.16. The van der Waals surface area contributed by atoms with Crippen molar-refractivity contribution in [2.24, 2.45) is 11.5 Å². The van der Waals surface area contributed by atoms with Crippen molar-refractivity contribution in [2.75, 3.05) is 0 Å². The van der Waals surface area contributed by atoms with E-state index in [0.717, 1.165) is 11.1 Å². The van der Waals surface area contributed by atoms with Gasteiger partial charge in [-0.3, -0.25) is 4.79 Å². The Labute approximate surface area is 167 Å². The van der Waals surface area contributed by atoms with Gasteiger partial charge < -0.3 is 20.9 Å². The summed E-state index contributed by atoms with van der Waals surface area (Å²) in [6.45, 7) is 8.42. The molecule has 0 radical (unpaired) electrons. The van der Waals surface area contributed by atoms with E-state index in [1.807, 2.05) is 27.7 Å². The van der Waals surface area contributed by atoms with Crippen LogP contribution in [0.15, 0.2) is 36.4 Å². The first-order valence-electron chi connectivity index (χ1n) is 8.89. The fourth-order valence-electron chi connectivity index (χ4n) is 2.66. The predicted molar refractivity (Wildman–Crippen MR) is 111 cm³/mol. The first-order chi connectivity index (χ1) is 12.3. The summed E-state index contributed by atoms with van der Waals surface area (Å²) < 4.78 is 11.5. The molecule has 2 rings (SSSR count). The van der Waals surface area contributed by atoms with Crippen molar-refractivity contribution in [3.8, 4) is 11.5 Å². The van der Waals surface area contributed by atoms with Crippen LogP contribution in [0.25, 0.3) is 0 Å². The highest BCUT2D eigenvalue weighted by Crippen LogP contribution is 2.25. The molecule has 5 nitrogen and oxygen atoms in total. The summed E-state index contributed by atoms with van der Waals surface area (Å²) in [7, 11) is 0. The van der Waals surface area contributed by atoms with Crippen LogP contribution in [0.1, 0.15) is 54.7 Å². The Morgan fingerprint density at radius 1 is 0.815 bits per heavy atom. The quantitative estimate of drug-likeness (QED) is 0.666. The van der Waals surface area contributed by atoms with Crippen molar-refractivity contribution in [1.82, 2.24) is 0 Å². The second kappa shape index (κ2) is 10.3. The molecule has 0 atom stereocenters. The van der Waals surface area contributed by atoms with Crippen LogP contribution < -0.4 is 20.9 Å². The minimum Gasteiger partial charge on any atom is -0.491 e. The lowest BCUT2D eigenvalue weighted by molar-refractivity contribution is 0.103. The second-order valence-corrected chi connectivity index (χ2v) is 6.72. The molecule has 0 aliphatic carbocycles. The van der Waals surface area contributed by atoms with Gasteiger partial charge in [0.15, 0.2) is 5.78 Å². The minimum atomic E-state index is -0.0819. The van der Waals surface area contributed by atoms with E-state index in [2.05, 4.69) is 0 Å². The highest BCUT2D eigenvalue weighted by Gasteiger charge is 2.15. The number of ketones is 1. The molecule has 2 aromatic carbocycles. The Hall–Kier alpha value is -2.08. The number of carbonyl (C=O) groups is 1. The zero-order valence-electron chi connectivity index (χ0n) is 16.3. The van der Waals surface area contributed by atoms with Crippen LogP contribution in [0.3, 0.4) is 0 Å². The SMILES string of the molecule is CC(C)Oc1ccc(C(=O)c2ccc(OC(C)C)c(CN)c2)cc1CN.Cl. The smallest absolute Gasteiger partial charge is 0.193 e. The van der Waals surface area contributed by atoms with Crippen LogP contribution in [-0.2, 0) is 13.1 Å². The van der Waals surface area contributed by atoms with E-state index >= 15 is 0 Å². The largest absolute Gasteiger partial charge is 0.491 e. The highest BCUT2D eigenvalue weighted by molar-refractivity contribution is 6.09. The van der Waals surface area contributed by atoms with E-state index < -0.39 is 0 Å². The Kier molecular flexibility index (Phi) is 8.76. The van der Waals surface area contributed by atoms with Gasteiger partial charge in [0.1, 0.15) is 11.5 Å². The molecule has 0 spiro atoms. The van der Waals surface area contributed by atoms with Crippen LogP contribution in [-0.4, -0.2) is 18.0 Å². The molecule has 0 heterocycles. The summed E-state index contributed by atoms with van der Waals surface area (Å²) in [6.07, 6.45) is 0.0879. The Morgan fingerprint density at radius 2 is 1.19 bits per heavy atom. The molecule has 0 aromatic heterocycles. The Balaban J connectivity index is 0.00000364. The molecular weight excluding hydrogens is 364 g/mol. The number of benzene rings is 2. The molecule has 0 aliphatic heterocycles. The number of hydrogen-bond acceptors (Lipinski definition) is 5. The maximum absolute atomic E-state index is 12.9. The summed E-state index contributed by atoms with van der Waals surface area (Å²) in [5.74, 6) is 1.34. The average Bonchev–Trinajstić information content (AvgIpc) is 2.60. The molecule has 0 saturated carbocycles. The molecule has 2 aromatic rings. The summed E-state index contributed by atoms with van der Waals surface area (Å²) in [5, 5.41) is 0. The number of nitrogens with two attached hydrogens (primary N) is 2. The molecule has 4 N–H and O–H groups in total. The lowest BCUT2D eigenvalue weighted by atomic mass is 9.98. The first-order valence-corrected chi connectivity index (χ1v) is 8.89. The standard InChI is InChI=1S/C21H28N2O3.ClH/c1-13(2)25-19-7-5-15(9-17(19)11-22)21(24)16-6-8-20(26-14(3)4)18(10-16)12-23;/h5-10,13-14H,11-12,22-23H2,1-4H3;1H. The number of hydrogen-bond donors (Lipinski definition) is 2. The second-order valence-electron chi connectivity index (χ2n) is 6.72. The van der Waals surface area contributed by atoms with Crippen LogP contribution in [0.2, 0.25) is 0 Å². The molecule has 0 aliphatic rings. The molecule has 0 bridgehead atoms. The fourth-order valence-corrected chi connectivity index (χ4v) is 2.66. The van der Waals surface area contributed by atoms with Crippen LogP contribution in [0.4, 0.5) is 0 Å². The van der Waals surface area contributed by atoms with Crippen molar-refractivity contribution in [1.29, 1.82) is 0 Å². The molecule has 0 fully saturated rings. The highest BCUT2D eigenvalue weighted by atomic mass is 35.5. The van der Waals surface area contributed by atoms with Crippen molar-refractivity contribution in [2.45, 2.75) is 53.0 Å². The van der Waals surface area contributed by atoms with Gasteiger partial charge in [-0.25, -0.2) is 0 Å². The zero-order valence-corrected chi connectivity index (χ0v) is 17.1. The van der Waals surface area contributed by atoms with Crippen molar-refractivity contribution >= 4 is 18.2 Å². The van der Waals surface area contributed by atoms with E-state index in [0.29, 0.717) is 35.7 Å². The normalized spacial score (nSPS) is 10.7. The topological polar surface area (TPSA) is 87.6 Å². The van der Waals surface area contributed by atoms with Gasteiger partial charge in [0, 0.05) is 35.3 Å². The van der Waals surface area contributed by atoms with Crippen LogP contribution in [0, 0.1) is 0 Å². The van der Waals surface area contributed by atoms with Crippen molar-refractivity contribution in [3.63, 3.8) is 0 Å². The predicted octanol–water partition coefficient (Wildman–Crippen LogP) is 3.83.